The van der Waals surface area contributed by atoms with E-state index in [0.29, 0.717) is 24.7 Å². The summed E-state index contributed by atoms with van der Waals surface area (Å²) >= 11 is 0. The van der Waals surface area contributed by atoms with Crippen LogP contribution < -0.4 is 0 Å². The fourth-order valence-corrected chi connectivity index (χ4v) is 1.85. The maximum atomic E-state index is 10.9. The van der Waals surface area contributed by atoms with Crippen LogP contribution in [0.2, 0.25) is 0 Å². The second kappa shape index (κ2) is 4.60. The van der Waals surface area contributed by atoms with Crippen LogP contribution in [0, 0.1) is 0 Å². The van der Waals surface area contributed by atoms with E-state index in [1.54, 1.807) is 0 Å². The Labute approximate surface area is 85.7 Å². The van der Waals surface area contributed by atoms with Crippen molar-refractivity contribution in [3.8, 4) is 0 Å². The lowest BCUT2D eigenvalue weighted by Crippen LogP contribution is -2.27. The summed E-state index contributed by atoms with van der Waals surface area (Å²) in [4.78, 5) is 13.3. The van der Waals surface area contributed by atoms with Gasteiger partial charge in [0.1, 0.15) is 6.61 Å². The Kier molecular flexibility index (Phi) is 3.69. The summed E-state index contributed by atoms with van der Waals surface area (Å²) in [5, 5.41) is 0. The first kappa shape index (κ1) is 11.2. The maximum Gasteiger partial charge on any atom is 0.330 e. The molecule has 0 aliphatic carbocycles. The van der Waals surface area contributed by atoms with Crippen LogP contribution in [0.1, 0.15) is 27.2 Å². The Bertz CT molecular complexity index is 219. The van der Waals surface area contributed by atoms with Crippen LogP contribution in [0.5, 0.6) is 0 Å². The predicted octanol–water partition coefficient (Wildman–Crippen LogP) is 1.59. The van der Waals surface area contributed by atoms with Crippen LogP contribution in [0.3, 0.4) is 0 Å². The van der Waals surface area contributed by atoms with E-state index in [1.165, 1.54) is 6.08 Å². The third-order valence-electron chi connectivity index (χ3n) is 3.03. The predicted molar refractivity (Wildman–Crippen MR) is 56.0 cm³/mol. The smallest absolute Gasteiger partial charge is 0.330 e. The fraction of sp³-hybridized carbons (Fsp3) is 0.727. The van der Waals surface area contributed by atoms with Crippen LogP contribution in [0.4, 0.5) is 0 Å². The van der Waals surface area contributed by atoms with Gasteiger partial charge >= 0.3 is 5.97 Å². The second-order valence-corrected chi connectivity index (χ2v) is 3.82. The Morgan fingerprint density at radius 2 is 2.14 bits per heavy atom. The van der Waals surface area contributed by atoms with Gasteiger partial charge in [-0.05, 0) is 20.3 Å². The molecule has 1 fully saturated rings. The molecule has 14 heavy (non-hydrogen) atoms. The lowest BCUT2D eigenvalue weighted by Gasteiger charge is -2.16. The van der Waals surface area contributed by atoms with E-state index in [-0.39, 0.29) is 5.97 Å². The van der Waals surface area contributed by atoms with Gasteiger partial charge in [0, 0.05) is 24.2 Å². The molecule has 3 atom stereocenters. The monoisotopic (exact) mass is 197 g/mol. The minimum absolute atomic E-state index is 0.328. The van der Waals surface area contributed by atoms with Crippen molar-refractivity contribution >= 4 is 5.97 Å². The van der Waals surface area contributed by atoms with E-state index in [2.05, 4.69) is 32.3 Å². The molecule has 3 heteroatoms. The number of nitrogens with zero attached hydrogens (tertiary/aromatic N) is 1. The van der Waals surface area contributed by atoms with Crippen LogP contribution in [-0.4, -0.2) is 35.6 Å². The molecule has 0 radical (unpaired) electrons. The summed E-state index contributed by atoms with van der Waals surface area (Å²) in [7, 11) is 0. The molecule has 0 amide bonds. The highest BCUT2D eigenvalue weighted by Gasteiger charge is 2.44. The number of hydrogen-bond acceptors (Lipinski definition) is 3. The van der Waals surface area contributed by atoms with Gasteiger partial charge in [0.15, 0.2) is 0 Å². The number of esters is 1. The molecular weight excluding hydrogens is 178 g/mol. The van der Waals surface area contributed by atoms with Crippen molar-refractivity contribution in [2.45, 2.75) is 45.3 Å². The first-order chi connectivity index (χ1) is 6.61. The van der Waals surface area contributed by atoms with Crippen LogP contribution in [-0.2, 0) is 9.53 Å². The van der Waals surface area contributed by atoms with Crippen LogP contribution in [0.15, 0.2) is 12.7 Å². The van der Waals surface area contributed by atoms with E-state index in [4.69, 9.17) is 4.74 Å². The first-order valence-corrected chi connectivity index (χ1v) is 5.18. The average molecular weight is 197 g/mol. The zero-order valence-electron chi connectivity index (χ0n) is 9.19. The summed E-state index contributed by atoms with van der Waals surface area (Å²) < 4.78 is 5.04. The Balaban J connectivity index is 2.33. The summed E-state index contributed by atoms with van der Waals surface area (Å²) in [5.41, 5.74) is 0. The van der Waals surface area contributed by atoms with Gasteiger partial charge < -0.3 is 4.74 Å². The van der Waals surface area contributed by atoms with Crippen molar-refractivity contribution in [2.24, 2.45) is 0 Å². The number of hydrogen-bond donors (Lipinski definition) is 0. The molecule has 1 rings (SSSR count). The van der Waals surface area contributed by atoms with E-state index in [9.17, 15) is 4.79 Å². The molecule has 0 aromatic rings. The van der Waals surface area contributed by atoms with Crippen LogP contribution in [0.25, 0.3) is 0 Å². The number of rotatable bonds is 5. The zero-order chi connectivity index (χ0) is 10.7. The fourth-order valence-electron chi connectivity index (χ4n) is 1.85. The van der Waals surface area contributed by atoms with E-state index in [1.807, 2.05) is 0 Å². The third-order valence-corrected chi connectivity index (χ3v) is 3.03. The SMILES string of the molecule is C=CC(=O)OCC(CC)N1C(C)C1C. The summed E-state index contributed by atoms with van der Waals surface area (Å²) in [5.74, 6) is -0.328. The van der Waals surface area contributed by atoms with Gasteiger partial charge in [-0.25, -0.2) is 4.79 Å². The molecule has 3 unspecified atom stereocenters. The molecular formula is C11H19NO2. The summed E-state index contributed by atoms with van der Waals surface area (Å²) in [6.45, 7) is 10.4. The van der Waals surface area contributed by atoms with Gasteiger partial charge in [-0.15, -0.1) is 0 Å². The van der Waals surface area contributed by atoms with Gasteiger partial charge in [-0.3, -0.25) is 4.90 Å². The standard InChI is InChI=1S/C11H19NO2/c1-5-10(7-14-11(13)6-2)12-8(3)9(12)4/h6,8-10H,2,5,7H2,1,3-4H3. The molecule has 0 aromatic carbocycles. The lowest BCUT2D eigenvalue weighted by molar-refractivity contribution is -0.139. The lowest BCUT2D eigenvalue weighted by atomic mass is 10.2. The Morgan fingerprint density at radius 1 is 1.57 bits per heavy atom. The van der Waals surface area contributed by atoms with Crippen molar-refractivity contribution in [2.75, 3.05) is 6.61 Å². The number of carbonyl (C=O) groups is 1. The van der Waals surface area contributed by atoms with Gasteiger partial charge in [-0.2, -0.15) is 0 Å². The second-order valence-electron chi connectivity index (χ2n) is 3.82. The number of carbonyl (C=O) groups excluding carboxylic acids is 1. The molecule has 1 aliphatic rings. The van der Waals surface area contributed by atoms with Gasteiger partial charge in [-0.1, -0.05) is 13.5 Å². The molecule has 0 N–H and O–H groups in total. The van der Waals surface area contributed by atoms with E-state index in [0.717, 1.165) is 6.42 Å². The minimum Gasteiger partial charge on any atom is -0.461 e. The van der Waals surface area contributed by atoms with E-state index < -0.39 is 0 Å². The highest BCUT2D eigenvalue weighted by atomic mass is 16.5. The molecule has 0 bridgehead atoms. The maximum absolute atomic E-state index is 10.9. The van der Waals surface area contributed by atoms with Gasteiger partial charge in [0.2, 0.25) is 0 Å². The zero-order valence-corrected chi connectivity index (χ0v) is 9.19. The minimum atomic E-state index is -0.328. The van der Waals surface area contributed by atoms with Gasteiger partial charge in [0.25, 0.3) is 0 Å². The normalized spacial score (nSPS) is 32.1. The molecule has 1 saturated heterocycles. The van der Waals surface area contributed by atoms with E-state index >= 15 is 0 Å². The number of ether oxygens (including phenoxy) is 1. The van der Waals surface area contributed by atoms with Crippen molar-refractivity contribution in [3.05, 3.63) is 12.7 Å². The quantitative estimate of drug-likeness (QED) is 0.381. The molecule has 1 aliphatic heterocycles. The highest BCUT2D eigenvalue weighted by molar-refractivity contribution is 5.81. The topological polar surface area (TPSA) is 29.3 Å². The van der Waals surface area contributed by atoms with Crippen molar-refractivity contribution in [1.29, 1.82) is 0 Å². The molecule has 80 valence electrons. The summed E-state index contributed by atoms with van der Waals surface area (Å²) in [6.07, 6.45) is 2.22. The molecule has 0 spiro atoms. The Morgan fingerprint density at radius 3 is 2.50 bits per heavy atom. The summed E-state index contributed by atoms with van der Waals surface area (Å²) in [6, 6.07) is 1.62. The van der Waals surface area contributed by atoms with Gasteiger partial charge in [0.05, 0.1) is 0 Å². The molecule has 0 saturated carbocycles. The molecule has 3 nitrogen and oxygen atoms in total. The Hall–Kier alpha value is -0.830. The third kappa shape index (κ3) is 2.35. The van der Waals surface area contributed by atoms with Crippen molar-refractivity contribution in [3.63, 3.8) is 0 Å². The highest BCUT2D eigenvalue weighted by Crippen LogP contribution is 2.31. The van der Waals surface area contributed by atoms with Crippen molar-refractivity contribution < 1.29 is 9.53 Å². The first-order valence-electron chi connectivity index (χ1n) is 5.18. The average Bonchev–Trinajstić information content (AvgIpc) is 2.77. The van der Waals surface area contributed by atoms with Crippen molar-refractivity contribution in [1.82, 2.24) is 4.90 Å². The molecule has 1 heterocycles. The molecule has 0 aromatic heterocycles. The van der Waals surface area contributed by atoms with Crippen LogP contribution >= 0.6 is 0 Å². The largest absolute Gasteiger partial charge is 0.461 e.